The molecule has 1 atom stereocenters. The van der Waals surface area contributed by atoms with Crippen LogP contribution in [0.25, 0.3) is 0 Å². The molecule has 2 nitrogen and oxygen atoms in total. The summed E-state index contributed by atoms with van der Waals surface area (Å²) in [5.41, 5.74) is 0. The van der Waals surface area contributed by atoms with E-state index in [0.717, 1.165) is 11.9 Å². The molecule has 0 bridgehead atoms. The van der Waals surface area contributed by atoms with Crippen LogP contribution in [-0.4, -0.2) is 24.8 Å². The number of ether oxygens (including phenoxy) is 2. The van der Waals surface area contributed by atoms with Gasteiger partial charge in [-0.1, -0.05) is 54.5 Å². The van der Waals surface area contributed by atoms with Gasteiger partial charge in [-0.05, 0) is 12.8 Å². The molecule has 1 unspecified atom stereocenters. The van der Waals surface area contributed by atoms with Gasteiger partial charge in [-0.15, -0.1) is 0 Å². The molecule has 0 aromatic rings. The van der Waals surface area contributed by atoms with Crippen molar-refractivity contribution in [2.45, 2.75) is 57.5 Å². The van der Waals surface area contributed by atoms with Gasteiger partial charge in [0, 0.05) is 5.33 Å². The summed E-state index contributed by atoms with van der Waals surface area (Å²) in [7, 11) is 0. The monoisotopic (exact) mass is 278 g/mol. The molecule has 0 aliphatic carbocycles. The molecule has 0 saturated carbocycles. The van der Waals surface area contributed by atoms with Crippen LogP contribution in [0.15, 0.2) is 0 Å². The third-order valence-electron chi connectivity index (χ3n) is 2.85. The highest BCUT2D eigenvalue weighted by atomic mass is 79.9. The van der Waals surface area contributed by atoms with Gasteiger partial charge in [0.15, 0.2) is 0 Å². The van der Waals surface area contributed by atoms with E-state index in [2.05, 4.69) is 15.9 Å². The molecule has 1 aliphatic heterocycles. The fourth-order valence-corrected chi connectivity index (χ4v) is 2.29. The Morgan fingerprint density at radius 3 is 2.20 bits per heavy atom. The van der Waals surface area contributed by atoms with Crippen LogP contribution in [0.1, 0.15) is 51.4 Å². The number of unbranched alkanes of at least 4 members (excludes halogenated alkanes) is 6. The second-order valence-electron chi connectivity index (χ2n) is 4.23. The van der Waals surface area contributed by atoms with E-state index in [4.69, 9.17) is 9.47 Å². The molecule has 1 rings (SSSR count). The van der Waals surface area contributed by atoms with Crippen molar-refractivity contribution in [3.8, 4) is 0 Å². The van der Waals surface area contributed by atoms with Crippen molar-refractivity contribution in [3.05, 3.63) is 0 Å². The lowest BCUT2D eigenvalue weighted by atomic mass is 10.1. The Morgan fingerprint density at radius 1 is 0.933 bits per heavy atom. The first kappa shape index (κ1) is 13.5. The van der Waals surface area contributed by atoms with Crippen LogP contribution in [0.3, 0.4) is 0 Å². The molecule has 3 heteroatoms. The lowest BCUT2D eigenvalue weighted by Crippen LogP contribution is -2.08. The third-order valence-corrected chi connectivity index (χ3v) is 3.41. The van der Waals surface area contributed by atoms with Gasteiger partial charge in [-0.2, -0.15) is 0 Å². The van der Waals surface area contributed by atoms with Crippen molar-refractivity contribution in [1.82, 2.24) is 0 Å². The van der Waals surface area contributed by atoms with Crippen molar-refractivity contribution >= 4 is 15.9 Å². The number of rotatable bonds is 9. The van der Waals surface area contributed by atoms with E-state index in [-0.39, 0.29) is 0 Å². The van der Waals surface area contributed by atoms with Gasteiger partial charge < -0.3 is 9.47 Å². The van der Waals surface area contributed by atoms with Gasteiger partial charge in [0.05, 0.1) is 12.7 Å². The molecule has 0 spiro atoms. The third kappa shape index (κ3) is 7.31. The molecule has 0 aromatic heterocycles. The molecule has 90 valence electrons. The Labute approximate surface area is 102 Å². The fraction of sp³-hybridized carbons (Fsp3) is 1.00. The highest BCUT2D eigenvalue weighted by Crippen LogP contribution is 2.14. The summed E-state index contributed by atoms with van der Waals surface area (Å²) in [6.07, 6.45) is 11.1. The van der Waals surface area contributed by atoms with E-state index in [9.17, 15) is 0 Å². The summed E-state index contributed by atoms with van der Waals surface area (Å²) < 4.78 is 10.5. The van der Waals surface area contributed by atoms with Crippen LogP contribution in [-0.2, 0) is 9.47 Å². The SMILES string of the molecule is BrCCCCCCCCCC1COCO1. The maximum absolute atomic E-state index is 5.39. The van der Waals surface area contributed by atoms with Crippen LogP contribution < -0.4 is 0 Å². The summed E-state index contributed by atoms with van der Waals surface area (Å²) in [5, 5.41) is 1.16. The topological polar surface area (TPSA) is 18.5 Å². The smallest absolute Gasteiger partial charge is 0.147 e. The summed E-state index contributed by atoms with van der Waals surface area (Å²) in [6, 6.07) is 0. The molecule has 1 aliphatic rings. The van der Waals surface area contributed by atoms with Gasteiger partial charge in [-0.25, -0.2) is 0 Å². The van der Waals surface area contributed by atoms with Gasteiger partial charge in [0.2, 0.25) is 0 Å². The fourth-order valence-electron chi connectivity index (χ4n) is 1.89. The zero-order valence-corrected chi connectivity index (χ0v) is 11.1. The minimum atomic E-state index is 0.387. The van der Waals surface area contributed by atoms with Crippen LogP contribution in [0.5, 0.6) is 0 Å². The number of hydrogen-bond donors (Lipinski definition) is 0. The van der Waals surface area contributed by atoms with Crippen LogP contribution in [0.4, 0.5) is 0 Å². The van der Waals surface area contributed by atoms with Crippen molar-refractivity contribution in [2.24, 2.45) is 0 Å². The number of alkyl halides is 1. The summed E-state index contributed by atoms with van der Waals surface area (Å²) in [4.78, 5) is 0. The highest BCUT2D eigenvalue weighted by Gasteiger charge is 2.14. The molecule has 0 aromatic carbocycles. The molecule has 0 amide bonds. The van der Waals surface area contributed by atoms with E-state index >= 15 is 0 Å². The molecular weight excluding hydrogens is 256 g/mol. The minimum absolute atomic E-state index is 0.387. The average Bonchev–Trinajstić information content (AvgIpc) is 2.75. The summed E-state index contributed by atoms with van der Waals surface area (Å²) in [6.45, 7) is 1.32. The van der Waals surface area contributed by atoms with Gasteiger partial charge in [0.25, 0.3) is 0 Å². The first-order valence-corrected chi connectivity index (χ1v) is 7.31. The molecule has 0 radical (unpaired) electrons. The molecule has 0 N–H and O–H groups in total. The maximum atomic E-state index is 5.39. The predicted octanol–water partition coefficient (Wildman–Crippen LogP) is 3.88. The van der Waals surface area contributed by atoms with E-state index in [1.807, 2.05) is 0 Å². The number of hydrogen-bond acceptors (Lipinski definition) is 2. The first-order chi connectivity index (χ1) is 7.43. The van der Waals surface area contributed by atoms with E-state index in [1.165, 1.54) is 51.4 Å². The quantitative estimate of drug-likeness (QED) is 0.471. The van der Waals surface area contributed by atoms with Crippen molar-refractivity contribution in [3.63, 3.8) is 0 Å². The van der Waals surface area contributed by atoms with Gasteiger partial charge in [-0.3, -0.25) is 0 Å². The lowest BCUT2D eigenvalue weighted by Gasteiger charge is -2.06. The van der Waals surface area contributed by atoms with Crippen LogP contribution in [0.2, 0.25) is 0 Å². The largest absolute Gasteiger partial charge is 0.353 e. The van der Waals surface area contributed by atoms with Crippen LogP contribution >= 0.6 is 15.9 Å². The minimum Gasteiger partial charge on any atom is -0.353 e. The standard InChI is InChI=1S/C12H23BrO2/c13-9-7-5-3-1-2-4-6-8-12-10-14-11-15-12/h12H,1-11H2. The maximum Gasteiger partial charge on any atom is 0.147 e. The first-order valence-electron chi connectivity index (χ1n) is 6.19. The Kier molecular flexibility index (Phi) is 8.63. The van der Waals surface area contributed by atoms with E-state index < -0.39 is 0 Å². The molecule has 15 heavy (non-hydrogen) atoms. The Balaban J connectivity index is 1.73. The van der Waals surface area contributed by atoms with Gasteiger partial charge in [0.1, 0.15) is 6.79 Å². The van der Waals surface area contributed by atoms with E-state index in [0.29, 0.717) is 12.9 Å². The number of halogens is 1. The average molecular weight is 279 g/mol. The zero-order valence-electron chi connectivity index (χ0n) is 9.55. The van der Waals surface area contributed by atoms with Crippen molar-refractivity contribution in [1.29, 1.82) is 0 Å². The Bertz CT molecular complexity index is 136. The second-order valence-corrected chi connectivity index (χ2v) is 5.02. The highest BCUT2D eigenvalue weighted by molar-refractivity contribution is 9.09. The lowest BCUT2D eigenvalue weighted by molar-refractivity contribution is 0.0440. The van der Waals surface area contributed by atoms with Gasteiger partial charge >= 0.3 is 0 Å². The molecule has 1 fully saturated rings. The summed E-state index contributed by atoms with van der Waals surface area (Å²) >= 11 is 3.46. The second kappa shape index (κ2) is 9.61. The predicted molar refractivity (Wildman–Crippen MR) is 66.4 cm³/mol. The summed E-state index contributed by atoms with van der Waals surface area (Å²) in [5.74, 6) is 0. The zero-order chi connectivity index (χ0) is 10.8. The van der Waals surface area contributed by atoms with Crippen molar-refractivity contribution < 1.29 is 9.47 Å². The Morgan fingerprint density at radius 2 is 1.60 bits per heavy atom. The normalized spacial score (nSPS) is 21.0. The van der Waals surface area contributed by atoms with Crippen LogP contribution in [0, 0.1) is 0 Å². The Hall–Kier alpha value is 0.400. The molecule has 1 saturated heterocycles. The van der Waals surface area contributed by atoms with Crippen molar-refractivity contribution in [2.75, 3.05) is 18.7 Å². The molecular formula is C12H23BrO2. The van der Waals surface area contributed by atoms with E-state index in [1.54, 1.807) is 0 Å². The molecule has 1 heterocycles.